The first-order valence-corrected chi connectivity index (χ1v) is 6.74. The maximum Gasteiger partial charge on any atom is 0.151 e. The van der Waals surface area contributed by atoms with E-state index in [1.165, 1.54) is 11.3 Å². The van der Waals surface area contributed by atoms with E-state index >= 15 is 0 Å². The Hall–Kier alpha value is -1.95. The molecule has 0 amide bonds. The molecule has 0 N–H and O–H groups in total. The minimum atomic E-state index is 0.305. The summed E-state index contributed by atoms with van der Waals surface area (Å²) < 4.78 is 7.32. The molecule has 6 nitrogen and oxygen atoms in total. The molecule has 0 bridgehead atoms. The highest BCUT2D eigenvalue weighted by Gasteiger charge is 2.29. The SMILES string of the molecule is COC[C@H]1CN(c2ccc(C)nn2)Cc2cnn(C)c21. The summed E-state index contributed by atoms with van der Waals surface area (Å²) in [6, 6.07) is 4.01. The number of methoxy groups -OCH3 is 1. The van der Waals surface area contributed by atoms with E-state index in [-0.39, 0.29) is 0 Å². The van der Waals surface area contributed by atoms with Crippen LogP contribution in [-0.2, 0) is 18.3 Å². The lowest BCUT2D eigenvalue weighted by molar-refractivity contribution is 0.175. The van der Waals surface area contributed by atoms with E-state index in [9.17, 15) is 0 Å². The fourth-order valence-corrected chi connectivity index (χ4v) is 2.83. The molecule has 0 radical (unpaired) electrons. The molecule has 1 atom stereocenters. The van der Waals surface area contributed by atoms with Crippen molar-refractivity contribution in [1.29, 1.82) is 0 Å². The van der Waals surface area contributed by atoms with Gasteiger partial charge in [0.25, 0.3) is 0 Å². The molecule has 106 valence electrons. The monoisotopic (exact) mass is 273 g/mol. The molecular weight excluding hydrogens is 254 g/mol. The number of ether oxygens (including phenoxy) is 1. The summed E-state index contributed by atoms with van der Waals surface area (Å²) in [5.74, 6) is 1.21. The topological polar surface area (TPSA) is 56.1 Å². The summed E-state index contributed by atoms with van der Waals surface area (Å²) in [5.41, 5.74) is 3.44. The van der Waals surface area contributed by atoms with E-state index in [0.29, 0.717) is 12.5 Å². The molecule has 0 aromatic carbocycles. The van der Waals surface area contributed by atoms with E-state index in [1.807, 2.05) is 37.0 Å². The lowest BCUT2D eigenvalue weighted by atomic mass is 9.97. The Morgan fingerprint density at radius 1 is 1.35 bits per heavy atom. The Kier molecular flexibility index (Phi) is 3.40. The third kappa shape index (κ3) is 2.27. The predicted molar refractivity (Wildman–Crippen MR) is 75.6 cm³/mol. The molecule has 0 spiro atoms. The Morgan fingerprint density at radius 3 is 2.90 bits per heavy atom. The molecule has 3 rings (SSSR count). The fraction of sp³-hybridized carbons (Fsp3) is 0.500. The van der Waals surface area contributed by atoms with Crippen LogP contribution in [0.2, 0.25) is 0 Å². The molecule has 2 aromatic rings. The van der Waals surface area contributed by atoms with Gasteiger partial charge in [0, 0.05) is 38.7 Å². The standard InChI is InChI=1S/C14H19N5O/c1-10-4-5-13(17-16-10)19-7-11-6-15-18(2)14(11)12(8-19)9-20-3/h4-6,12H,7-9H2,1-3H3/t12-/m1/s1. The fourth-order valence-electron chi connectivity index (χ4n) is 2.83. The zero-order valence-electron chi connectivity index (χ0n) is 12.1. The number of hydrogen-bond acceptors (Lipinski definition) is 5. The average molecular weight is 273 g/mol. The average Bonchev–Trinajstić information content (AvgIpc) is 2.82. The largest absolute Gasteiger partial charge is 0.384 e. The zero-order valence-corrected chi connectivity index (χ0v) is 12.1. The second kappa shape index (κ2) is 5.20. The van der Waals surface area contributed by atoms with Crippen LogP contribution in [-0.4, -0.2) is 40.2 Å². The van der Waals surface area contributed by atoms with Crippen molar-refractivity contribution in [3.05, 3.63) is 35.3 Å². The summed E-state index contributed by atoms with van der Waals surface area (Å²) in [6.07, 6.45) is 1.94. The van der Waals surface area contributed by atoms with Crippen molar-refractivity contribution in [2.75, 3.05) is 25.2 Å². The molecule has 0 unspecified atom stereocenters. The molecule has 3 heterocycles. The van der Waals surface area contributed by atoms with Gasteiger partial charge in [0.2, 0.25) is 0 Å². The highest BCUT2D eigenvalue weighted by atomic mass is 16.5. The molecule has 1 aliphatic rings. The molecule has 0 saturated heterocycles. The highest BCUT2D eigenvalue weighted by molar-refractivity contribution is 5.43. The first-order chi connectivity index (χ1) is 9.69. The molecule has 20 heavy (non-hydrogen) atoms. The number of anilines is 1. The second-order valence-corrected chi connectivity index (χ2v) is 5.24. The van der Waals surface area contributed by atoms with Crippen molar-refractivity contribution in [1.82, 2.24) is 20.0 Å². The van der Waals surface area contributed by atoms with Gasteiger partial charge in [-0.1, -0.05) is 0 Å². The second-order valence-electron chi connectivity index (χ2n) is 5.24. The number of rotatable bonds is 3. The van der Waals surface area contributed by atoms with Crippen molar-refractivity contribution in [3.63, 3.8) is 0 Å². The van der Waals surface area contributed by atoms with Crippen molar-refractivity contribution in [3.8, 4) is 0 Å². The smallest absolute Gasteiger partial charge is 0.151 e. The number of hydrogen-bond donors (Lipinski definition) is 0. The Morgan fingerprint density at radius 2 is 2.20 bits per heavy atom. The predicted octanol–water partition coefficient (Wildman–Crippen LogP) is 1.27. The van der Waals surface area contributed by atoms with Crippen LogP contribution in [0, 0.1) is 6.92 Å². The van der Waals surface area contributed by atoms with Crippen LogP contribution in [0.3, 0.4) is 0 Å². The maximum atomic E-state index is 5.36. The van der Waals surface area contributed by atoms with Crippen LogP contribution in [0.25, 0.3) is 0 Å². The van der Waals surface area contributed by atoms with Crippen molar-refractivity contribution in [2.45, 2.75) is 19.4 Å². The molecule has 2 aromatic heterocycles. The van der Waals surface area contributed by atoms with E-state index < -0.39 is 0 Å². The van der Waals surface area contributed by atoms with Crippen molar-refractivity contribution in [2.24, 2.45) is 7.05 Å². The Labute approximate surface area is 118 Å². The first-order valence-electron chi connectivity index (χ1n) is 6.74. The Bertz CT molecular complexity index is 592. The normalized spacial score (nSPS) is 18.1. The molecule has 1 aliphatic heterocycles. The van der Waals surface area contributed by atoms with Gasteiger partial charge in [0.05, 0.1) is 24.2 Å². The summed E-state index contributed by atoms with van der Waals surface area (Å²) in [6.45, 7) is 4.32. The van der Waals surface area contributed by atoms with Crippen molar-refractivity contribution < 1.29 is 4.74 Å². The summed E-state index contributed by atoms with van der Waals surface area (Å²) >= 11 is 0. The molecule has 0 aliphatic carbocycles. The third-order valence-corrected chi connectivity index (χ3v) is 3.73. The van der Waals surface area contributed by atoms with Crippen LogP contribution in [0.4, 0.5) is 5.82 Å². The van der Waals surface area contributed by atoms with Gasteiger partial charge in [0.15, 0.2) is 5.82 Å². The van der Waals surface area contributed by atoms with Gasteiger partial charge in [-0.2, -0.15) is 10.2 Å². The number of aryl methyl sites for hydroxylation is 2. The summed E-state index contributed by atoms with van der Waals surface area (Å²) in [5, 5.41) is 12.8. The van der Waals surface area contributed by atoms with Gasteiger partial charge >= 0.3 is 0 Å². The van der Waals surface area contributed by atoms with Gasteiger partial charge < -0.3 is 9.64 Å². The van der Waals surface area contributed by atoms with Gasteiger partial charge in [-0.05, 0) is 19.1 Å². The van der Waals surface area contributed by atoms with E-state index in [2.05, 4.69) is 20.2 Å². The first kappa shape index (κ1) is 13.1. The molecular formula is C14H19N5O. The Balaban J connectivity index is 1.91. The zero-order chi connectivity index (χ0) is 14.1. The number of aromatic nitrogens is 4. The van der Waals surface area contributed by atoms with Gasteiger partial charge in [-0.25, -0.2) is 0 Å². The van der Waals surface area contributed by atoms with E-state index in [0.717, 1.165) is 24.6 Å². The van der Waals surface area contributed by atoms with Crippen LogP contribution in [0.15, 0.2) is 18.3 Å². The highest BCUT2D eigenvalue weighted by Crippen LogP contribution is 2.30. The molecule has 0 fully saturated rings. The van der Waals surface area contributed by atoms with E-state index in [1.54, 1.807) is 7.11 Å². The van der Waals surface area contributed by atoms with Gasteiger partial charge in [-0.3, -0.25) is 4.68 Å². The number of fused-ring (bicyclic) bond motifs is 1. The van der Waals surface area contributed by atoms with Gasteiger partial charge in [0.1, 0.15) is 0 Å². The molecule has 0 saturated carbocycles. The number of nitrogens with zero attached hydrogens (tertiary/aromatic N) is 5. The van der Waals surface area contributed by atoms with Crippen LogP contribution >= 0.6 is 0 Å². The quantitative estimate of drug-likeness (QED) is 0.843. The lowest BCUT2D eigenvalue weighted by Crippen LogP contribution is -2.36. The van der Waals surface area contributed by atoms with Crippen LogP contribution in [0.1, 0.15) is 22.9 Å². The molecule has 6 heteroatoms. The minimum absolute atomic E-state index is 0.305. The maximum absolute atomic E-state index is 5.36. The summed E-state index contributed by atoms with van der Waals surface area (Å²) in [4.78, 5) is 2.24. The summed E-state index contributed by atoms with van der Waals surface area (Å²) in [7, 11) is 3.73. The minimum Gasteiger partial charge on any atom is -0.384 e. The van der Waals surface area contributed by atoms with Crippen molar-refractivity contribution >= 4 is 5.82 Å². The van der Waals surface area contributed by atoms with Crippen LogP contribution in [0.5, 0.6) is 0 Å². The van der Waals surface area contributed by atoms with Gasteiger partial charge in [-0.15, -0.1) is 5.10 Å². The van der Waals surface area contributed by atoms with E-state index in [4.69, 9.17) is 4.74 Å². The van der Waals surface area contributed by atoms with Crippen LogP contribution < -0.4 is 4.90 Å². The lowest BCUT2D eigenvalue weighted by Gasteiger charge is -2.33. The third-order valence-electron chi connectivity index (χ3n) is 3.73.